The summed E-state index contributed by atoms with van der Waals surface area (Å²) in [6.07, 6.45) is 4.36. The Morgan fingerprint density at radius 3 is 2.39 bits per heavy atom. The van der Waals surface area contributed by atoms with Crippen molar-refractivity contribution in [3.05, 3.63) is 35.9 Å². The number of hydrogen-bond acceptors (Lipinski definition) is 2. The Bertz CT molecular complexity index is 325. The van der Waals surface area contributed by atoms with Crippen molar-refractivity contribution in [3.63, 3.8) is 0 Å². The lowest BCUT2D eigenvalue weighted by molar-refractivity contribution is 0.148. The van der Waals surface area contributed by atoms with E-state index in [1.807, 2.05) is 6.07 Å². The monoisotopic (exact) mass is 249 g/mol. The molecule has 0 fully saturated rings. The number of unbranched alkanes of at least 4 members (excludes halogenated alkanes) is 1. The highest BCUT2D eigenvalue weighted by molar-refractivity contribution is 5.19. The molecule has 2 nitrogen and oxygen atoms in total. The van der Waals surface area contributed by atoms with Gasteiger partial charge in [0.15, 0.2) is 0 Å². The molecule has 2 N–H and O–H groups in total. The van der Waals surface area contributed by atoms with Gasteiger partial charge in [0.1, 0.15) is 0 Å². The first-order valence-electron chi connectivity index (χ1n) is 7.08. The number of nitrogens with one attached hydrogen (secondary N) is 1. The van der Waals surface area contributed by atoms with Gasteiger partial charge in [-0.3, -0.25) is 0 Å². The van der Waals surface area contributed by atoms with E-state index in [9.17, 15) is 5.11 Å². The minimum Gasteiger partial charge on any atom is -0.394 e. The van der Waals surface area contributed by atoms with E-state index in [0.717, 1.165) is 19.3 Å². The second-order valence-electron chi connectivity index (χ2n) is 5.34. The molecule has 0 aliphatic heterocycles. The zero-order valence-electron chi connectivity index (χ0n) is 11.9. The molecule has 0 spiro atoms. The Kier molecular flexibility index (Phi) is 6.37. The van der Waals surface area contributed by atoms with Gasteiger partial charge in [0.05, 0.1) is 6.61 Å². The van der Waals surface area contributed by atoms with Gasteiger partial charge in [-0.25, -0.2) is 0 Å². The van der Waals surface area contributed by atoms with Crippen molar-refractivity contribution >= 4 is 0 Å². The number of aliphatic hydroxyl groups is 1. The Morgan fingerprint density at radius 2 is 1.89 bits per heavy atom. The summed E-state index contributed by atoms with van der Waals surface area (Å²) in [4.78, 5) is 0. The summed E-state index contributed by atoms with van der Waals surface area (Å²) in [6, 6.07) is 10.8. The summed E-state index contributed by atoms with van der Waals surface area (Å²) in [5, 5.41) is 13.3. The van der Waals surface area contributed by atoms with E-state index < -0.39 is 0 Å². The van der Waals surface area contributed by atoms with Gasteiger partial charge in [0.25, 0.3) is 0 Å². The van der Waals surface area contributed by atoms with E-state index in [0.29, 0.717) is 6.04 Å². The number of benzene rings is 1. The first kappa shape index (κ1) is 15.2. The van der Waals surface area contributed by atoms with Crippen LogP contribution in [-0.2, 0) is 0 Å². The van der Waals surface area contributed by atoms with Gasteiger partial charge in [0, 0.05) is 11.6 Å². The van der Waals surface area contributed by atoms with Crippen LogP contribution in [-0.4, -0.2) is 17.3 Å². The Labute approximate surface area is 111 Å². The Morgan fingerprint density at radius 1 is 1.22 bits per heavy atom. The van der Waals surface area contributed by atoms with Crippen LogP contribution >= 0.6 is 0 Å². The molecule has 1 aromatic carbocycles. The van der Waals surface area contributed by atoms with Crippen molar-refractivity contribution in [2.75, 3.05) is 6.61 Å². The van der Waals surface area contributed by atoms with Crippen LogP contribution in [0.2, 0.25) is 0 Å². The first-order chi connectivity index (χ1) is 8.65. The molecule has 0 saturated heterocycles. The van der Waals surface area contributed by atoms with Crippen molar-refractivity contribution in [2.45, 2.75) is 58.0 Å². The predicted molar refractivity (Wildman–Crippen MR) is 77.6 cm³/mol. The standard InChI is InChI=1S/C16H27NO/c1-4-6-12-16(3,13-18)17-15(5-2)14-10-8-7-9-11-14/h7-11,15,17-18H,4-6,12-13H2,1-3H3/t15-,16+/m0/s1. The molecular formula is C16H27NO. The summed E-state index contributed by atoms with van der Waals surface area (Å²) in [7, 11) is 0. The fraction of sp³-hybridized carbons (Fsp3) is 0.625. The molecule has 0 aromatic heterocycles. The van der Waals surface area contributed by atoms with E-state index >= 15 is 0 Å². The zero-order chi connectivity index (χ0) is 13.4. The maximum absolute atomic E-state index is 9.64. The van der Waals surface area contributed by atoms with Crippen LogP contribution in [0.25, 0.3) is 0 Å². The summed E-state index contributed by atoms with van der Waals surface area (Å²) in [5.41, 5.74) is 1.13. The summed E-state index contributed by atoms with van der Waals surface area (Å²) in [5.74, 6) is 0. The van der Waals surface area contributed by atoms with Gasteiger partial charge in [-0.05, 0) is 25.3 Å². The van der Waals surface area contributed by atoms with E-state index in [2.05, 4.69) is 50.4 Å². The van der Waals surface area contributed by atoms with Crippen LogP contribution in [0, 0.1) is 0 Å². The molecule has 0 unspecified atom stereocenters. The van der Waals surface area contributed by atoms with Crippen LogP contribution in [0.1, 0.15) is 58.1 Å². The molecular weight excluding hydrogens is 222 g/mol. The molecule has 2 heteroatoms. The lowest BCUT2D eigenvalue weighted by Gasteiger charge is -2.34. The fourth-order valence-electron chi connectivity index (χ4n) is 2.29. The van der Waals surface area contributed by atoms with Gasteiger partial charge >= 0.3 is 0 Å². The lowest BCUT2D eigenvalue weighted by Crippen LogP contribution is -2.47. The maximum Gasteiger partial charge on any atom is 0.0610 e. The molecule has 0 aliphatic rings. The third-order valence-corrected chi connectivity index (χ3v) is 3.56. The van der Waals surface area contributed by atoms with Crippen molar-refractivity contribution in [1.29, 1.82) is 0 Å². The molecule has 0 bridgehead atoms. The topological polar surface area (TPSA) is 32.3 Å². The highest BCUT2D eigenvalue weighted by Crippen LogP contribution is 2.23. The van der Waals surface area contributed by atoms with E-state index in [1.165, 1.54) is 12.0 Å². The summed E-state index contributed by atoms with van der Waals surface area (Å²) < 4.78 is 0. The van der Waals surface area contributed by atoms with Gasteiger partial charge in [-0.15, -0.1) is 0 Å². The minimum atomic E-state index is -0.174. The van der Waals surface area contributed by atoms with Gasteiger partial charge in [-0.2, -0.15) is 0 Å². The summed E-state index contributed by atoms with van der Waals surface area (Å²) >= 11 is 0. The molecule has 0 saturated carbocycles. The molecule has 0 amide bonds. The van der Waals surface area contributed by atoms with Gasteiger partial charge in [0.2, 0.25) is 0 Å². The molecule has 1 aromatic rings. The van der Waals surface area contributed by atoms with E-state index in [4.69, 9.17) is 0 Å². The second kappa shape index (κ2) is 7.55. The van der Waals surface area contributed by atoms with Crippen molar-refractivity contribution < 1.29 is 5.11 Å². The first-order valence-corrected chi connectivity index (χ1v) is 7.08. The summed E-state index contributed by atoms with van der Waals surface area (Å²) in [6.45, 7) is 6.68. The van der Waals surface area contributed by atoms with Crippen molar-refractivity contribution in [3.8, 4) is 0 Å². The van der Waals surface area contributed by atoms with Gasteiger partial charge < -0.3 is 10.4 Å². The highest BCUT2D eigenvalue weighted by Gasteiger charge is 2.25. The molecule has 18 heavy (non-hydrogen) atoms. The largest absolute Gasteiger partial charge is 0.394 e. The highest BCUT2D eigenvalue weighted by atomic mass is 16.3. The van der Waals surface area contributed by atoms with Crippen LogP contribution < -0.4 is 5.32 Å². The molecule has 1 rings (SSSR count). The maximum atomic E-state index is 9.64. The molecule has 0 radical (unpaired) electrons. The average Bonchev–Trinajstić information content (AvgIpc) is 2.43. The van der Waals surface area contributed by atoms with Crippen LogP contribution in [0.4, 0.5) is 0 Å². The fourth-order valence-corrected chi connectivity index (χ4v) is 2.29. The van der Waals surface area contributed by atoms with Crippen molar-refractivity contribution in [1.82, 2.24) is 5.32 Å². The second-order valence-corrected chi connectivity index (χ2v) is 5.34. The molecule has 0 heterocycles. The smallest absolute Gasteiger partial charge is 0.0610 e. The van der Waals surface area contributed by atoms with Crippen LogP contribution in [0.15, 0.2) is 30.3 Å². The number of aliphatic hydroxyl groups excluding tert-OH is 1. The van der Waals surface area contributed by atoms with Crippen molar-refractivity contribution in [2.24, 2.45) is 0 Å². The SMILES string of the molecule is CCCC[C@](C)(CO)N[C@@H](CC)c1ccccc1. The van der Waals surface area contributed by atoms with Crippen LogP contribution in [0.5, 0.6) is 0 Å². The predicted octanol–water partition coefficient (Wildman–Crippen LogP) is 3.67. The molecule has 0 aliphatic carbocycles. The Balaban J connectivity index is 2.71. The minimum absolute atomic E-state index is 0.174. The zero-order valence-corrected chi connectivity index (χ0v) is 11.9. The van der Waals surface area contributed by atoms with Crippen LogP contribution in [0.3, 0.4) is 0 Å². The van der Waals surface area contributed by atoms with E-state index in [-0.39, 0.29) is 12.1 Å². The number of rotatable bonds is 8. The third kappa shape index (κ3) is 4.43. The Hall–Kier alpha value is -0.860. The normalized spacial score (nSPS) is 16.2. The average molecular weight is 249 g/mol. The molecule has 102 valence electrons. The van der Waals surface area contributed by atoms with E-state index in [1.54, 1.807) is 0 Å². The lowest BCUT2D eigenvalue weighted by atomic mass is 9.92. The number of hydrogen-bond donors (Lipinski definition) is 2. The third-order valence-electron chi connectivity index (χ3n) is 3.56. The van der Waals surface area contributed by atoms with Gasteiger partial charge in [-0.1, -0.05) is 57.0 Å². The molecule has 2 atom stereocenters. The quantitative estimate of drug-likeness (QED) is 0.737.